The van der Waals surface area contributed by atoms with Gasteiger partial charge in [-0.05, 0) is 18.1 Å². The molecule has 0 atom stereocenters. The molecule has 2 aromatic rings. The summed E-state index contributed by atoms with van der Waals surface area (Å²) in [6, 6.07) is 15.3. The SMILES string of the molecule is CNC(=O)/C(=N/OC)c1cccc(C)c1CO/N=C/c1ccccc1. The van der Waals surface area contributed by atoms with Gasteiger partial charge in [-0.15, -0.1) is 0 Å². The Morgan fingerprint density at radius 2 is 1.92 bits per heavy atom. The molecule has 0 radical (unpaired) electrons. The molecule has 2 rings (SSSR count). The quantitative estimate of drug-likeness (QED) is 0.622. The van der Waals surface area contributed by atoms with Crippen molar-refractivity contribution < 1.29 is 14.5 Å². The Labute approximate surface area is 147 Å². The molecule has 1 N–H and O–H groups in total. The second kappa shape index (κ2) is 9.22. The van der Waals surface area contributed by atoms with Crippen LogP contribution in [0.25, 0.3) is 0 Å². The number of likely N-dealkylation sites (N-methyl/N-ethyl adjacent to an activating group) is 1. The summed E-state index contributed by atoms with van der Waals surface area (Å²) in [5.74, 6) is -0.332. The molecule has 0 saturated carbocycles. The fourth-order valence-electron chi connectivity index (χ4n) is 2.28. The average molecular weight is 339 g/mol. The smallest absolute Gasteiger partial charge is 0.273 e. The number of nitrogens with zero attached hydrogens (tertiary/aromatic N) is 2. The number of hydrogen-bond acceptors (Lipinski definition) is 5. The van der Waals surface area contributed by atoms with E-state index in [2.05, 4.69) is 15.6 Å². The van der Waals surface area contributed by atoms with Crippen molar-refractivity contribution >= 4 is 17.8 Å². The lowest BCUT2D eigenvalue weighted by molar-refractivity contribution is -0.114. The van der Waals surface area contributed by atoms with Crippen LogP contribution in [0.4, 0.5) is 0 Å². The molecule has 130 valence electrons. The highest BCUT2D eigenvalue weighted by molar-refractivity contribution is 6.45. The van der Waals surface area contributed by atoms with E-state index in [-0.39, 0.29) is 18.2 Å². The monoisotopic (exact) mass is 339 g/mol. The lowest BCUT2D eigenvalue weighted by atomic mass is 9.98. The number of carbonyl (C=O) groups is 1. The van der Waals surface area contributed by atoms with Gasteiger partial charge < -0.3 is 15.0 Å². The molecular weight excluding hydrogens is 318 g/mol. The summed E-state index contributed by atoms with van der Waals surface area (Å²) in [6.07, 6.45) is 1.64. The van der Waals surface area contributed by atoms with Crippen LogP contribution >= 0.6 is 0 Å². The normalized spacial score (nSPS) is 11.4. The lowest BCUT2D eigenvalue weighted by Gasteiger charge is -2.12. The van der Waals surface area contributed by atoms with Crippen molar-refractivity contribution in [2.75, 3.05) is 14.2 Å². The van der Waals surface area contributed by atoms with Crippen molar-refractivity contribution in [2.24, 2.45) is 10.3 Å². The zero-order valence-electron chi connectivity index (χ0n) is 14.5. The zero-order chi connectivity index (χ0) is 18.1. The average Bonchev–Trinajstić information content (AvgIpc) is 2.64. The van der Waals surface area contributed by atoms with E-state index in [0.29, 0.717) is 5.56 Å². The van der Waals surface area contributed by atoms with Gasteiger partial charge in [-0.3, -0.25) is 4.79 Å². The Morgan fingerprint density at radius 1 is 1.16 bits per heavy atom. The standard InChI is InChI=1S/C19H21N3O3/c1-14-8-7-11-16(18(22-24-3)19(23)20-2)17(14)13-25-21-12-15-9-5-4-6-10-15/h4-12H,13H2,1-3H3,(H,20,23)/b21-12+,22-18+. The third-order valence-corrected chi connectivity index (χ3v) is 3.57. The summed E-state index contributed by atoms with van der Waals surface area (Å²) >= 11 is 0. The number of amides is 1. The first-order valence-corrected chi connectivity index (χ1v) is 7.79. The molecule has 0 bridgehead atoms. The van der Waals surface area contributed by atoms with Crippen molar-refractivity contribution in [1.29, 1.82) is 0 Å². The molecular formula is C19H21N3O3. The second-order valence-electron chi connectivity index (χ2n) is 5.22. The first kappa shape index (κ1) is 18.2. The van der Waals surface area contributed by atoms with Crippen LogP contribution in [0.1, 0.15) is 22.3 Å². The first-order chi connectivity index (χ1) is 12.2. The number of rotatable bonds is 7. The van der Waals surface area contributed by atoms with Gasteiger partial charge in [0.15, 0.2) is 5.71 Å². The zero-order valence-corrected chi connectivity index (χ0v) is 14.5. The van der Waals surface area contributed by atoms with E-state index in [4.69, 9.17) is 9.68 Å². The van der Waals surface area contributed by atoms with Crippen LogP contribution in [0.15, 0.2) is 58.8 Å². The molecule has 0 saturated heterocycles. The highest BCUT2D eigenvalue weighted by atomic mass is 16.6. The number of hydrogen-bond donors (Lipinski definition) is 1. The molecule has 0 unspecified atom stereocenters. The summed E-state index contributed by atoms with van der Waals surface area (Å²) < 4.78 is 0. The maximum absolute atomic E-state index is 12.1. The van der Waals surface area contributed by atoms with Crippen molar-refractivity contribution in [1.82, 2.24) is 5.32 Å². The number of oxime groups is 2. The van der Waals surface area contributed by atoms with Gasteiger partial charge in [-0.25, -0.2) is 0 Å². The molecule has 0 aliphatic carbocycles. The van der Waals surface area contributed by atoms with E-state index in [1.165, 1.54) is 7.11 Å². The Hall–Kier alpha value is -3.15. The Kier molecular flexibility index (Phi) is 6.71. The van der Waals surface area contributed by atoms with Crippen LogP contribution in [0, 0.1) is 6.92 Å². The largest absolute Gasteiger partial charge is 0.398 e. The van der Waals surface area contributed by atoms with Crippen LogP contribution < -0.4 is 5.32 Å². The van der Waals surface area contributed by atoms with Gasteiger partial charge in [-0.2, -0.15) is 0 Å². The summed E-state index contributed by atoms with van der Waals surface area (Å²) in [6.45, 7) is 2.16. The molecule has 0 fully saturated rings. The molecule has 0 aliphatic rings. The van der Waals surface area contributed by atoms with Gasteiger partial charge in [0.1, 0.15) is 13.7 Å². The Balaban J connectivity index is 2.21. The summed E-state index contributed by atoms with van der Waals surface area (Å²) in [5, 5.41) is 10.4. The van der Waals surface area contributed by atoms with E-state index < -0.39 is 0 Å². The maximum Gasteiger partial charge on any atom is 0.273 e. The molecule has 0 aliphatic heterocycles. The summed E-state index contributed by atoms with van der Waals surface area (Å²) in [7, 11) is 2.95. The number of aryl methyl sites for hydroxylation is 1. The summed E-state index contributed by atoms with van der Waals surface area (Å²) in [4.78, 5) is 22.3. The minimum atomic E-state index is -0.332. The van der Waals surface area contributed by atoms with Gasteiger partial charge in [0.05, 0.1) is 6.21 Å². The molecule has 2 aromatic carbocycles. The molecule has 25 heavy (non-hydrogen) atoms. The van der Waals surface area contributed by atoms with Crippen LogP contribution in [0.5, 0.6) is 0 Å². The van der Waals surface area contributed by atoms with Crippen molar-refractivity contribution in [2.45, 2.75) is 13.5 Å². The van der Waals surface area contributed by atoms with Gasteiger partial charge >= 0.3 is 0 Å². The third-order valence-electron chi connectivity index (χ3n) is 3.57. The predicted molar refractivity (Wildman–Crippen MR) is 97.6 cm³/mol. The minimum absolute atomic E-state index is 0.194. The van der Waals surface area contributed by atoms with E-state index in [1.807, 2.05) is 49.4 Å². The van der Waals surface area contributed by atoms with Crippen LogP contribution in [-0.4, -0.2) is 32.0 Å². The highest BCUT2D eigenvalue weighted by Crippen LogP contribution is 2.17. The Bertz CT molecular complexity index is 771. The third kappa shape index (κ3) is 4.91. The molecule has 0 aromatic heterocycles. The second-order valence-corrected chi connectivity index (χ2v) is 5.22. The minimum Gasteiger partial charge on any atom is -0.398 e. The number of carbonyl (C=O) groups excluding carboxylic acids is 1. The van der Waals surface area contributed by atoms with Crippen LogP contribution in [0.3, 0.4) is 0 Å². The van der Waals surface area contributed by atoms with E-state index in [0.717, 1.165) is 16.7 Å². The van der Waals surface area contributed by atoms with Gasteiger partial charge in [-0.1, -0.05) is 58.8 Å². The fourth-order valence-corrected chi connectivity index (χ4v) is 2.28. The molecule has 0 heterocycles. The number of benzene rings is 2. The predicted octanol–water partition coefficient (Wildman–Crippen LogP) is 2.64. The maximum atomic E-state index is 12.1. The van der Waals surface area contributed by atoms with Crippen molar-refractivity contribution in [3.05, 3.63) is 70.8 Å². The van der Waals surface area contributed by atoms with Gasteiger partial charge in [0.2, 0.25) is 0 Å². The van der Waals surface area contributed by atoms with Crippen LogP contribution in [0.2, 0.25) is 0 Å². The molecule has 6 heteroatoms. The van der Waals surface area contributed by atoms with E-state index in [9.17, 15) is 4.79 Å². The molecule has 6 nitrogen and oxygen atoms in total. The van der Waals surface area contributed by atoms with Crippen molar-refractivity contribution in [3.63, 3.8) is 0 Å². The fraction of sp³-hybridized carbons (Fsp3) is 0.211. The first-order valence-electron chi connectivity index (χ1n) is 7.79. The van der Waals surface area contributed by atoms with Gasteiger partial charge in [0.25, 0.3) is 5.91 Å². The lowest BCUT2D eigenvalue weighted by Crippen LogP contribution is -2.29. The molecule has 0 spiro atoms. The molecule has 1 amide bonds. The van der Waals surface area contributed by atoms with Gasteiger partial charge in [0, 0.05) is 18.2 Å². The topological polar surface area (TPSA) is 72.3 Å². The summed E-state index contributed by atoms with van der Waals surface area (Å²) in [5.41, 5.74) is 3.59. The highest BCUT2D eigenvalue weighted by Gasteiger charge is 2.18. The van der Waals surface area contributed by atoms with E-state index >= 15 is 0 Å². The Morgan fingerprint density at radius 3 is 2.60 bits per heavy atom. The van der Waals surface area contributed by atoms with Crippen LogP contribution in [-0.2, 0) is 21.1 Å². The number of nitrogens with one attached hydrogen (secondary N) is 1. The van der Waals surface area contributed by atoms with E-state index in [1.54, 1.807) is 19.3 Å². The van der Waals surface area contributed by atoms with Crippen molar-refractivity contribution in [3.8, 4) is 0 Å².